The second-order valence-corrected chi connectivity index (χ2v) is 5.72. The van der Waals surface area contributed by atoms with Crippen molar-refractivity contribution >= 4 is 21.6 Å². The van der Waals surface area contributed by atoms with Gasteiger partial charge in [-0.2, -0.15) is 0 Å². The third kappa shape index (κ3) is 3.05. The van der Waals surface area contributed by atoms with Gasteiger partial charge in [0, 0.05) is 12.5 Å². The van der Waals surface area contributed by atoms with E-state index in [4.69, 9.17) is 0 Å². The quantitative estimate of drug-likeness (QED) is 0.876. The van der Waals surface area contributed by atoms with E-state index in [1.165, 1.54) is 9.71 Å². The number of hydrogen-bond acceptors (Lipinski definition) is 3. The lowest BCUT2D eigenvalue weighted by Gasteiger charge is -2.19. The number of nitrogens with one attached hydrogen (secondary N) is 1. The highest BCUT2D eigenvalue weighted by Gasteiger charge is 2.14. The molecule has 0 saturated carbocycles. The van der Waals surface area contributed by atoms with Gasteiger partial charge in [-0.15, -0.1) is 11.3 Å². The van der Waals surface area contributed by atoms with Crippen molar-refractivity contribution in [2.45, 2.75) is 33.2 Å². The highest BCUT2D eigenvalue weighted by atomic mass is 32.1. The lowest BCUT2D eigenvalue weighted by Crippen LogP contribution is -2.32. The van der Waals surface area contributed by atoms with E-state index in [2.05, 4.69) is 55.3 Å². The third-order valence-corrected chi connectivity index (χ3v) is 4.27. The van der Waals surface area contributed by atoms with Crippen LogP contribution in [-0.4, -0.2) is 17.6 Å². The minimum Gasteiger partial charge on any atom is -0.314 e. The normalized spacial score (nSPS) is 15.0. The number of nitrogens with zero attached hydrogens (tertiary/aromatic N) is 1. The van der Waals surface area contributed by atoms with Crippen molar-refractivity contribution in [2.75, 3.05) is 6.54 Å². The van der Waals surface area contributed by atoms with Crippen LogP contribution in [0.4, 0.5) is 0 Å². The molecule has 0 aliphatic rings. The molecular formula is C14H20N2S. The molecule has 0 aliphatic heterocycles. The minimum atomic E-state index is 0.548. The summed E-state index contributed by atoms with van der Waals surface area (Å²) in [4.78, 5) is 4.69. The lowest BCUT2D eigenvalue weighted by molar-refractivity contribution is 0.406. The summed E-state index contributed by atoms with van der Waals surface area (Å²) in [5.41, 5.74) is 1.14. The average Bonchev–Trinajstić information content (AvgIpc) is 2.71. The zero-order valence-electron chi connectivity index (χ0n) is 10.7. The molecule has 0 fully saturated rings. The van der Waals surface area contributed by atoms with Gasteiger partial charge < -0.3 is 5.32 Å². The van der Waals surface area contributed by atoms with Gasteiger partial charge in [0.1, 0.15) is 0 Å². The molecule has 1 aromatic carbocycles. The standard InChI is InChI=1S/C14H20N2S/c1-4-15-11(3)10(2)9-14-16-12-7-5-6-8-13(12)17-14/h5-8,10-11,15H,4,9H2,1-3H3. The van der Waals surface area contributed by atoms with E-state index < -0.39 is 0 Å². The predicted molar refractivity (Wildman–Crippen MR) is 75.6 cm³/mol. The summed E-state index contributed by atoms with van der Waals surface area (Å²) in [5.74, 6) is 0.621. The van der Waals surface area contributed by atoms with Crippen LogP contribution in [0.5, 0.6) is 0 Å². The van der Waals surface area contributed by atoms with E-state index in [1.807, 2.05) is 11.3 Å². The lowest BCUT2D eigenvalue weighted by atomic mass is 10.0. The first kappa shape index (κ1) is 12.5. The first-order valence-corrected chi connectivity index (χ1v) is 7.10. The van der Waals surface area contributed by atoms with Crippen LogP contribution in [0.1, 0.15) is 25.8 Å². The van der Waals surface area contributed by atoms with E-state index >= 15 is 0 Å². The molecule has 0 bridgehead atoms. The fourth-order valence-corrected chi connectivity index (χ4v) is 3.09. The summed E-state index contributed by atoms with van der Waals surface area (Å²) in [6.45, 7) is 7.73. The van der Waals surface area contributed by atoms with Crippen LogP contribution in [0.25, 0.3) is 10.2 Å². The van der Waals surface area contributed by atoms with Gasteiger partial charge in [-0.3, -0.25) is 0 Å². The molecule has 2 atom stereocenters. The number of rotatable bonds is 5. The van der Waals surface area contributed by atoms with Crippen molar-refractivity contribution in [3.63, 3.8) is 0 Å². The van der Waals surface area contributed by atoms with E-state index in [1.54, 1.807) is 0 Å². The molecule has 17 heavy (non-hydrogen) atoms. The molecule has 0 radical (unpaired) electrons. The van der Waals surface area contributed by atoms with Gasteiger partial charge in [-0.1, -0.05) is 26.0 Å². The van der Waals surface area contributed by atoms with Crippen LogP contribution in [0.2, 0.25) is 0 Å². The van der Waals surface area contributed by atoms with E-state index in [-0.39, 0.29) is 0 Å². The van der Waals surface area contributed by atoms with Gasteiger partial charge in [0.2, 0.25) is 0 Å². The Labute approximate surface area is 107 Å². The Morgan fingerprint density at radius 2 is 2.06 bits per heavy atom. The van der Waals surface area contributed by atoms with Gasteiger partial charge in [-0.25, -0.2) is 4.98 Å². The van der Waals surface area contributed by atoms with Crippen molar-refractivity contribution in [3.05, 3.63) is 29.3 Å². The fourth-order valence-electron chi connectivity index (χ4n) is 1.98. The van der Waals surface area contributed by atoms with Crippen molar-refractivity contribution in [1.29, 1.82) is 0 Å². The largest absolute Gasteiger partial charge is 0.314 e. The van der Waals surface area contributed by atoms with E-state index in [9.17, 15) is 0 Å². The van der Waals surface area contributed by atoms with Gasteiger partial charge in [0.15, 0.2) is 0 Å². The Bertz CT molecular complexity index is 445. The van der Waals surface area contributed by atoms with Crippen LogP contribution < -0.4 is 5.32 Å². The number of aromatic nitrogens is 1. The Morgan fingerprint density at radius 3 is 2.76 bits per heavy atom. The summed E-state index contributed by atoms with van der Waals surface area (Å²) >= 11 is 1.82. The highest BCUT2D eigenvalue weighted by molar-refractivity contribution is 7.18. The molecule has 1 heterocycles. The molecule has 0 amide bonds. The molecule has 3 heteroatoms. The maximum atomic E-state index is 4.69. The smallest absolute Gasteiger partial charge is 0.0941 e. The van der Waals surface area contributed by atoms with Crippen molar-refractivity contribution in [1.82, 2.24) is 10.3 Å². The van der Waals surface area contributed by atoms with Crippen molar-refractivity contribution < 1.29 is 0 Å². The summed E-state index contributed by atoms with van der Waals surface area (Å²) < 4.78 is 1.30. The van der Waals surface area contributed by atoms with Gasteiger partial charge in [-0.05, 0) is 31.5 Å². The topological polar surface area (TPSA) is 24.9 Å². The van der Waals surface area contributed by atoms with Crippen LogP contribution in [0.15, 0.2) is 24.3 Å². The molecule has 0 aliphatic carbocycles. The van der Waals surface area contributed by atoms with Crippen LogP contribution >= 0.6 is 11.3 Å². The molecule has 2 nitrogen and oxygen atoms in total. The van der Waals surface area contributed by atoms with Gasteiger partial charge in [0.05, 0.1) is 15.2 Å². The van der Waals surface area contributed by atoms with Crippen LogP contribution in [0, 0.1) is 5.92 Å². The van der Waals surface area contributed by atoms with Gasteiger partial charge in [0.25, 0.3) is 0 Å². The first-order valence-electron chi connectivity index (χ1n) is 6.28. The minimum absolute atomic E-state index is 0.548. The van der Waals surface area contributed by atoms with Crippen LogP contribution in [-0.2, 0) is 6.42 Å². The summed E-state index contributed by atoms with van der Waals surface area (Å²) in [7, 11) is 0. The monoisotopic (exact) mass is 248 g/mol. The summed E-state index contributed by atoms with van der Waals surface area (Å²) in [6, 6.07) is 8.92. The Balaban J connectivity index is 2.07. The van der Waals surface area contributed by atoms with Crippen molar-refractivity contribution in [2.24, 2.45) is 5.92 Å². The highest BCUT2D eigenvalue weighted by Crippen LogP contribution is 2.24. The second kappa shape index (κ2) is 5.61. The maximum absolute atomic E-state index is 4.69. The molecule has 2 aromatic rings. The maximum Gasteiger partial charge on any atom is 0.0941 e. The number of thiazole rings is 1. The Morgan fingerprint density at radius 1 is 1.29 bits per heavy atom. The zero-order valence-corrected chi connectivity index (χ0v) is 11.6. The van der Waals surface area contributed by atoms with E-state index in [0.717, 1.165) is 18.5 Å². The Kier molecular flexibility index (Phi) is 4.13. The Hall–Kier alpha value is -0.930. The molecule has 1 aromatic heterocycles. The number of para-hydroxylation sites is 1. The average molecular weight is 248 g/mol. The summed E-state index contributed by atoms with van der Waals surface area (Å²) in [5, 5.41) is 4.73. The van der Waals surface area contributed by atoms with Crippen molar-refractivity contribution in [3.8, 4) is 0 Å². The molecule has 2 rings (SSSR count). The number of benzene rings is 1. The SMILES string of the molecule is CCNC(C)C(C)Cc1nc2ccccc2s1. The van der Waals surface area contributed by atoms with Crippen LogP contribution in [0.3, 0.4) is 0 Å². The van der Waals surface area contributed by atoms with E-state index in [0.29, 0.717) is 12.0 Å². The molecule has 0 saturated heterocycles. The predicted octanol–water partition coefficient (Wildman–Crippen LogP) is 3.47. The molecule has 0 spiro atoms. The zero-order chi connectivity index (χ0) is 12.3. The molecule has 1 N–H and O–H groups in total. The summed E-state index contributed by atoms with van der Waals surface area (Å²) in [6.07, 6.45) is 1.06. The van der Waals surface area contributed by atoms with Gasteiger partial charge >= 0.3 is 0 Å². The fraction of sp³-hybridized carbons (Fsp3) is 0.500. The second-order valence-electron chi connectivity index (χ2n) is 4.60. The number of fused-ring (bicyclic) bond motifs is 1. The third-order valence-electron chi connectivity index (χ3n) is 3.21. The molecular weight excluding hydrogens is 228 g/mol. The number of hydrogen-bond donors (Lipinski definition) is 1. The molecule has 92 valence electrons. The first-order chi connectivity index (χ1) is 8.20. The molecule has 2 unspecified atom stereocenters.